The largest absolute Gasteiger partial charge is 0.497 e. The molecule has 0 spiro atoms. The Hall–Kier alpha value is -2.90. The standard InChI is InChI=1S/C23H36N6O2/c1-7-21-20(22(8-2)28(4)27-21)14-25-23(24-3)26-16-9-10-29(15-16)17-11-18(30-5)13-19(12-17)31-6/h11-13,16H,7-10,14-15H2,1-6H3,(H2,24,25,26). The molecule has 170 valence electrons. The van der Waals surface area contributed by atoms with Gasteiger partial charge in [-0.05, 0) is 19.3 Å². The van der Waals surface area contributed by atoms with E-state index in [0.717, 1.165) is 67.7 Å². The van der Waals surface area contributed by atoms with Crippen molar-refractivity contribution in [1.82, 2.24) is 20.4 Å². The third-order valence-electron chi connectivity index (χ3n) is 5.91. The highest BCUT2D eigenvalue weighted by Gasteiger charge is 2.24. The lowest BCUT2D eigenvalue weighted by Gasteiger charge is -2.21. The molecule has 1 saturated heterocycles. The maximum Gasteiger partial charge on any atom is 0.191 e. The van der Waals surface area contributed by atoms with Gasteiger partial charge in [0.2, 0.25) is 0 Å². The van der Waals surface area contributed by atoms with Gasteiger partial charge in [0.15, 0.2) is 5.96 Å². The Labute approximate surface area is 185 Å². The fourth-order valence-electron chi connectivity index (χ4n) is 4.24. The summed E-state index contributed by atoms with van der Waals surface area (Å²) >= 11 is 0. The average molecular weight is 429 g/mol. The number of anilines is 1. The molecule has 1 aromatic heterocycles. The maximum atomic E-state index is 5.42. The number of aromatic nitrogens is 2. The van der Waals surface area contributed by atoms with E-state index in [2.05, 4.69) is 51.6 Å². The molecule has 1 fully saturated rings. The van der Waals surface area contributed by atoms with Gasteiger partial charge in [-0.15, -0.1) is 0 Å². The van der Waals surface area contributed by atoms with Crippen molar-refractivity contribution >= 4 is 11.6 Å². The van der Waals surface area contributed by atoms with Crippen molar-refractivity contribution in [1.29, 1.82) is 0 Å². The number of aryl methyl sites for hydroxylation is 2. The highest BCUT2D eigenvalue weighted by atomic mass is 16.5. The molecular formula is C23H36N6O2. The summed E-state index contributed by atoms with van der Waals surface area (Å²) in [5.74, 6) is 2.43. The molecule has 3 rings (SSSR count). The van der Waals surface area contributed by atoms with Crippen LogP contribution in [0, 0.1) is 0 Å². The van der Waals surface area contributed by atoms with Crippen LogP contribution in [0.3, 0.4) is 0 Å². The fraction of sp³-hybridized carbons (Fsp3) is 0.565. The van der Waals surface area contributed by atoms with Crippen LogP contribution in [0.25, 0.3) is 0 Å². The third kappa shape index (κ3) is 5.24. The van der Waals surface area contributed by atoms with Gasteiger partial charge in [0.05, 0.1) is 19.9 Å². The number of hydrogen-bond acceptors (Lipinski definition) is 5. The van der Waals surface area contributed by atoms with E-state index in [4.69, 9.17) is 9.47 Å². The highest BCUT2D eigenvalue weighted by molar-refractivity contribution is 5.80. The molecule has 2 heterocycles. The van der Waals surface area contributed by atoms with Crippen LogP contribution in [-0.2, 0) is 26.4 Å². The van der Waals surface area contributed by atoms with Crippen LogP contribution in [0.5, 0.6) is 11.5 Å². The maximum absolute atomic E-state index is 5.42. The van der Waals surface area contributed by atoms with E-state index in [-0.39, 0.29) is 0 Å². The van der Waals surface area contributed by atoms with Gasteiger partial charge < -0.3 is 25.0 Å². The van der Waals surface area contributed by atoms with E-state index in [1.807, 2.05) is 24.8 Å². The number of methoxy groups -OCH3 is 2. The molecule has 1 aliphatic heterocycles. The normalized spacial score (nSPS) is 16.5. The van der Waals surface area contributed by atoms with Crippen molar-refractivity contribution < 1.29 is 9.47 Å². The molecule has 1 atom stereocenters. The number of rotatable bonds is 8. The van der Waals surface area contributed by atoms with E-state index in [1.54, 1.807) is 14.2 Å². The Morgan fingerprint density at radius 3 is 2.45 bits per heavy atom. The van der Waals surface area contributed by atoms with Gasteiger partial charge >= 0.3 is 0 Å². The molecule has 0 bridgehead atoms. The van der Waals surface area contributed by atoms with E-state index >= 15 is 0 Å². The Balaban J connectivity index is 1.62. The summed E-state index contributed by atoms with van der Waals surface area (Å²) in [5.41, 5.74) is 4.83. The first kappa shape index (κ1) is 22.8. The van der Waals surface area contributed by atoms with Crippen molar-refractivity contribution in [3.05, 3.63) is 35.2 Å². The van der Waals surface area contributed by atoms with Gasteiger partial charge in [0.1, 0.15) is 11.5 Å². The lowest BCUT2D eigenvalue weighted by molar-refractivity contribution is 0.394. The van der Waals surface area contributed by atoms with Crippen LogP contribution in [0.15, 0.2) is 23.2 Å². The number of nitrogens with one attached hydrogen (secondary N) is 2. The van der Waals surface area contributed by atoms with Crippen molar-refractivity contribution in [2.75, 3.05) is 39.3 Å². The van der Waals surface area contributed by atoms with Gasteiger partial charge in [-0.3, -0.25) is 9.67 Å². The van der Waals surface area contributed by atoms with E-state index < -0.39 is 0 Å². The molecule has 1 unspecified atom stereocenters. The van der Waals surface area contributed by atoms with Crippen LogP contribution >= 0.6 is 0 Å². The summed E-state index contributed by atoms with van der Waals surface area (Å²) in [6.45, 7) is 6.91. The smallest absolute Gasteiger partial charge is 0.191 e. The average Bonchev–Trinajstić information content (AvgIpc) is 3.39. The number of nitrogens with zero attached hydrogens (tertiary/aromatic N) is 4. The predicted octanol–water partition coefficient (Wildman–Crippen LogP) is 2.51. The van der Waals surface area contributed by atoms with Crippen LogP contribution in [0.1, 0.15) is 37.2 Å². The Morgan fingerprint density at radius 2 is 1.87 bits per heavy atom. The summed E-state index contributed by atoms with van der Waals surface area (Å²) in [5, 5.41) is 11.7. The molecular weight excluding hydrogens is 392 g/mol. The first-order valence-corrected chi connectivity index (χ1v) is 11.0. The predicted molar refractivity (Wildman–Crippen MR) is 125 cm³/mol. The second-order valence-electron chi connectivity index (χ2n) is 7.78. The number of benzene rings is 1. The third-order valence-corrected chi connectivity index (χ3v) is 5.91. The van der Waals surface area contributed by atoms with Crippen LogP contribution < -0.4 is 25.0 Å². The van der Waals surface area contributed by atoms with Crippen LogP contribution in [-0.4, -0.2) is 56.1 Å². The molecule has 0 amide bonds. The molecule has 1 aromatic carbocycles. The Bertz CT molecular complexity index is 885. The number of guanidine groups is 1. The van der Waals surface area contributed by atoms with Gasteiger partial charge in [0.25, 0.3) is 0 Å². The van der Waals surface area contributed by atoms with Crippen LogP contribution in [0.4, 0.5) is 5.69 Å². The topological polar surface area (TPSA) is 75.9 Å². The molecule has 2 N–H and O–H groups in total. The van der Waals surface area contributed by atoms with Crippen molar-refractivity contribution in [3.8, 4) is 11.5 Å². The first-order valence-electron chi connectivity index (χ1n) is 11.0. The zero-order valence-corrected chi connectivity index (χ0v) is 19.7. The second-order valence-corrected chi connectivity index (χ2v) is 7.78. The minimum absolute atomic E-state index is 0.314. The van der Waals surface area contributed by atoms with E-state index in [1.165, 1.54) is 11.3 Å². The minimum atomic E-state index is 0.314. The van der Waals surface area contributed by atoms with Crippen molar-refractivity contribution in [2.24, 2.45) is 12.0 Å². The number of ether oxygens (including phenoxy) is 2. The summed E-state index contributed by atoms with van der Waals surface area (Å²) in [6.07, 6.45) is 2.93. The van der Waals surface area contributed by atoms with Gasteiger partial charge in [-0.1, -0.05) is 13.8 Å². The molecule has 8 heteroatoms. The molecule has 1 aliphatic rings. The lowest BCUT2D eigenvalue weighted by Crippen LogP contribution is -2.44. The van der Waals surface area contributed by atoms with E-state index in [0.29, 0.717) is 6.04 Å². The van der Waals surface area contributed by atoms with Gasteiger partial charge in [-0.25, -0.2) is 0 Å². The Morgan fingerprint density at radius 1 is 1.16 bits per heavy atom. The van der Waals surface area contributed by atoms with Gasteiger partial charge in [0, 0.05) is 74.9 Å². The molecule has 31 heavy (non-hydrogen) atoms. The first-order chi connectivity index (χ1) is 15.0. The molecule has 0 saturated carbocycles. The fourth-order valence-corrected chi connectivity index (χ4v) is 4.24. The summed E-state index contributed by atoms with van der Waals surface area (Å²) in [7, 11) is 7.20. The minimum Gasteiger partial charge on any atom is -0.497 e. The number of hydrogen-bond donors (Lipinski definition) is 2. The highest BCUT2D eigenvalue weighted by Crippen LogP contribution is 2.30. The zero-order chi connectivity index (χ0) is 22.4. The van der Waals surface area contributed by atoms with E-state index in [9.17, 15) is 0 Å². The molecule has 2 aromatic rings. The molecule has 0 radical (unpaired) electrons. The zero-order valence-electron chi connectivity index (χ0n) is 19.7. The number of aliphatic imine (C=N–C) groups is 1. The van der Waals surface area contributed by atoms with Crippen molar-refractivity contribution in [3.63, 3.8) is 0 Å². The Kier molecular flexibility index (Phi) is 7.65. The SMILES string of the molecule is CCc1nn(C)c(CC)c1CNC(=NC)NC1CCN(c2cc(OC)cc(OC)c2)C1. The van der Waals surface area contributed by atoms with Crippen LogP contribution in [0.2, 0.25) is 0 Å². The monoisotopic (exact) mass is 428 g/mol. The lowest BCUT2D eigenvalue weighted by atomic mass is 10.1. The summed E-state index contributed by atoms with van der Waals surface area (Å²) < 4.78 is 12.8. The quantitative estimate of drug-likeness (QED) is 0.497. The summed E-state index contributed by atoms with van der Waals surface area (Å²) in [4.78, 5) is 6.79. The summed E-state index contributed by atoms with van der Waals surface area (Å²) in [6, 6.07) is 6.32. The second kappa shape index (κ2) is 10.4. The van der Waals surface area contributed by atoms with Crippen molar-refractivity contribution in [2.45, 2.75) is 45.7 Å². The molecule has 0 aliphatic carbocycles. The van der Waals surface area contributed by atoms with Gasteiger partial charge in [-0.2, -0.15) is 5.10 Å². The molecule has 8 nitrogen and oxygen atoms in total.